The summed E-state index contributed by atoms with van der Waals surface area (Å²) in [5.41, 5.74) is 3.79. The highest BCUT2D eigenvalue weighted by molar-refractivity contribution is 5.86. The molecule has 4 rings (SSSR count). The Balaban J connectivity index is 1.88. The summed E-state index contributed by atoms with van der Waals surface area (Å²) in [5.74, 6) is 0.0419. The highest BCUT2D eigenvalue weighted by atomic mass is 16.6. The van der Waals surface area contributed by atoms with Gasteiger partial charge >= 0.3 is 0 Å². The van der Waals surface area contributed by atoms with E-state index >= 15 is 0 Å². The monoisotopic (exact) mass is 400 g/mol. The van der Waals surface area contributed by atoms with Crippen molar-refractivity contribution in [2.45, 2.75) is 19.9 Å². The van der Waals surface area contributed by atoms with E-state index in [2.05, 4.69) is 15.3 Å². The first kappa shape index (κ1) is 19.3. The van der Waals surface area contributed by atoms with E-state index in [-0.39, 0.29) is 11.4 Å². The standard InChI is InChI=1S/C23H20N4O3/c1-14-3-8-19(20(13-14)27(29)30)26-21(17-9-11-24-12-10-17)18-7-6-16-5-4-15(2)25-22(16)23(18)28/h3-13,21,26,28H,1-2H3. The summed E-state index contributed by atoms with van der Waals surface area (Å²) in [6, 6.07) is 15.6. The van der Waals surface area contributed by atoms with Crippen LogP contribution in [0.2, 0.25) is 0 Å². The molecule has 150 valence electrons. The van der Waals surface area contributed by atoms with Crippen molar-refractivity contribution in [1.29, 1.82) is 0 Å². The van der Waals surface area contributed by atoms with Gasteiger partial charge in [0.05, 0.1) is 11.0 Å². The van der Waals surface area contributed by atoms with Gasteiger partial charge < -0.3 is 10.4 Å². The van der Waals surface area contributed by atoms with Crippen LogP contribution in [0.5, 0.6) is 5.75 Å². The average Bonchev–Trinajstić information content (AvgIpc) is 2.74. The fourth-order valence-corrected chi connectivity index (χ4v) is 3.49. The third-order valence-electron chi connectivity index (χ3n) is 5.01. The number of rotatable bonds is 5. The second-order valence-corrected chi connectivity index (χ2v) is 7.16. The van der Waals surface area contributed by atoms with Gasteiger partial charge in [-0.25, -0.2) is 4.98 Å². The lowest BCUT2D eigenvalue weighted by Crippen LogP contribution is -2.14. The molecule has 7 heteroatoms. The third-order valence-corrected chi connectivity index (χ3v) is 5.01. The molecule has 0 radical (unpaired) electrons. The normalized spacial score (nSPS) is 11.9. The van der Waals surface area contributed by atoms with Gasteiger partial charge in [-0.15, -0.1) is 0 Å². The Bertz CT molecular complexity index is 1240. The van der Waals surface area contributed by atoms with Gasteiger partial charge in [-0.05, 0) is 49.2 Å². The molecule has 4 aromatic rings. The van der Waals surface area contributed by atoms with Crippen LogP contribution in [0.4, 0.5) is 11.4 Å². The SMILES string of the molecule is Cc1ccc(NC(c2ccncc2)c2ccc3ccc(C)nc3c2O)c([N+](=O)[O-])c1. The number of benzene rings is 2. The number of nitro groups is 1. The van der Waals surface area contributed by atoms with E-state index in [0.717, 1.165) is 22.2 Å². The zero-order valence-corrected chi connectivity index (χ0v) is 16.5. The van der Waals surface area contributed by atoms with Crippen LogP contribution in [-0.4, -0.2) is 20.0 Å². The maximum Gasteiger partial charge on any atom is 0.292 e. The number of hydrogen-bond donors (Lipinski definition) is 2. The topological polar surface area (TPSA) is 101 Å². The summed E-state index contributed by atoms with van der Waals surface area (Å²) in [6.07, 6.45) is 3.29. The number of pyridine rings is 2. The number of nitrogens with one attached hydrogen (secondary N) is 1. The predicted octanol–water partition coefficient (Wildman–Crippen LogP) is 5.06. The molecular formula is C23H20N4O3. The Labute approximate surface area is 173 Å². The number of anilines is 1. The van der Waals surface area contributed by atoms with Gasteiger partial charge in [-0.3, -0.25) is 15.1 Å². The average molecular weight is 400 g/mol. The largest absolute Gasteiger partial charge is 0.505 e. The van der Waals surface area contributed by atoms with Crippen molar-refractivity contribution in [2.75, 3.05) is 5.32 Å². The van der Waals surface area contributed by atoms with Crippen LogP contribution in [0.15, 0.2) is 67.0 Å². The van der Waals surface area contributed by atoms with Gasteiger partial charge in [-0.2, -0.15) is 0 Å². The summed E-state index contributed by atoms with van der Waals surface area (Å²) < 4.78 is 0. The number of nitro benzene ring substituents is 1. The van der Waals surface area contributed by atoms with Crippen molar-refractivity contribution in [1.82, 2.24) is 9.97 Å². The number of fused-ring (bicyclic) bond motifs is 1. The van der Waals surface area contributed by atoms with Crippen LogP contribution in [0.25, 0.3) is 10.9 Å². The molecule has 30 heavy (non-hydrogen) atoms. The Hall–Kier alpha value is -4.00. The highest BCUT2D eigenvalue weighted by Crippen LogP contribution is 2.38. The van der Waals surface area contributed by atoms with Gasteiger partial charge in [0, 0.05) is 35.1 Å². The third kappa shape index (κ3) is 3.65. The van der Waals surface area contributed by atoms with Crippen molar-refractivity contribution in [3.05, 3.63) is 99.5 Å². The molecular weight excluding hydrogens is 380 g/mol. The lowest BCUT2D eigenvalue weighted by Gasteiger charge is -2.22. The molecule has 0 saturated heterocycles. The van der Waals surface area contributed by atoms with Crippen molar-refractivity contribution in [2.24, 2.45) is 0 Å². The maximum absolute atomic E-state index is 11.6. The van der Waals surface area contributed by atoms with E-state index in [4.69, 9.17) is 0 Å². The van der Waals surface area contributed by atoms with E-state index in [1.807, 2.05) is 49.4 Å². The molecule has 7 nitrogen and oxygen atoms in total. The van der Waals surface area contributed by atoms with Gasteiger partial charge in [0.15, 0.2) is 0 Å². The number of aryl methyl sites for hydroxylation is 2. The first-order valence-corrected chi connectivity index (χ1v) is 9.45. The number of phenolic OH excluding ortho intramolecular Hbond substituents is 1. The minimum atomic E-state index is -0.541. The van der Waals surface area contributed by atoms with E-state index < -0.39 is 11.0 Å². The molecule has 0 aliphatic carbocycles. The Morgan fingerprint density at radius 3 is 2.50 bits per heavy atom. The van der Waals surface area contributed by atoms with Crippen LogP contribution in [0.3, 0.4) is 0 Å². The molecule has 0 spiro atoms. The van der Waals surface area contributed by atoms with Gasteiger partial charge in [0.2, 0.25) is 0 Å². The van der Waals surface area contributed by atoms with Crippen molar-refractivity contribution in [3.63, 3.8) is 0 Å². The van der Waals surface area contributed by atoms with Crippen molar-refractivity contribution < 1.29 is 10.0 Å². The molecule has 0 amide bonds. The fourth-order valence-electron chi connectivity index (χ4n) is 3.49. The zero-order valence-electron chi connectivity index (χ0n) is 16.5. The van der Waals surface area contributed by atoms with Crippen LogP contribution in [0, 0.1) is 24.0 Å². The van der Waals surface area contributed by atoms with Gasteiger partial charge in [0.1, 0.15) is 17.0 Å². The molecule has 1 atom stereocenters. The van der Waals surface area contributed by atoms with E-state index in [0.29, 0.717) is 16.8 Å². The van der Waals surface area contributed by atoms with Gasteiger partial charge in [0.25, 0.3) is 5.69 Å². The summed E-state index contributed by atoms with van der Waals surface area (Å²) >= 11 is 0. The second-order valence-electron chi connectivity index (χ2n) is 7.16. The number of hydrogen-bond acceptors (Lipinski definition) is 6. The van der Waals surface area contributed by atoms with E-state index in [1.54, 1.807) is 25.4 Å². The fraction of sp³-hybridized carbons (Fsp3) is 0.130. The van der Waals surface area contributed by atoms with Crippen LogP contribution >= 0.6 is 0 Å². The maximum atomic E-state index is 11.6. The van der Waals surface area contributed by atoms with Gasteiger partial charge in [-0.1, -0.05) is 24.3 Å². The minimum Gasteiger partial charge on any atom is -0.505 e. The summed E-state index contributed by atoms with van der Waals surface area (Å²) in [7, 11) is 0. The molecule has 2 N–H and O–H groups in total. The lowest BCUT2D eigenvalue weighted by atomic mass is 9.96. The zero-order chi connectivity index (χ0) is 21.3. The molecule has 0 fully saturated rings. The molecule has 0 bridgehead atoms. The smallest absolute Gasteiger partial charge is 0.292 e. The Kier molecular flexibility index (Phi) is 5.02. The molecule has 1 unspecified atom stereocenters. The summed E-state index contributed by atoms with van der Waals surface area (Å²) in [6.45, 7) is 3.67. The Morgan fingerprint density at radius 2 is 1.77 bits per heavy atom. The lowest BCUT2D eigenvalue weighted by molar-refractivity contribution is -0.384. The first-order chi connectivity index (χ1) is 14.4. The number of phenols is 1. The van der Waals surface area contributed by atoms with Crippen molar-refractivity contribution in [3.8, 4) is 5.75 Å². The second kappa shape index (κ2) is 7.79. The van der Waals surface area contributed by atoms with E-state index in [1.165, 1.54) is 6.07 Å². The first-order valence-electron chi connectivity index (χ1n) is 9.45. The molecule has 0 aliphatic heterocycles. The highest BCUT2D eigenvalue weighted by Gasteiger charge is 2.23. The number of nitrogens with zero attached hydrogens (tertiary/aromatic N) is 3. The Morgan fingerprint density at radius 1 is 1.03 bits per heavy atom. The minimum absolute atomic E-state index is 0.0247. The molecule has 2 aromatic heterocycles. The molecule has 0 aliphatic rings. The molecule has 0 saturated carbocycles. The number of aromatic hydroxyl groups is 1. The quantitative estimate of drug-likeness (QED) is 0.359. The summed E-state index contributed by atoms with van der Waals surface area (Å²) in [4.78, 5) is 19.7. The van der Waals surface area contributed by atoms with E-state index in [9.17, 15) is 15.2 Å². The summed E-state index contributed by atoms with van der Waals surface area (Å²) in [5, 5.41) is 26.7. The molecule has 2 aromatic carbocycles. The van der Waals surface area contributed by atoms with Crippen LogP contribution < -0.4 is 5.32 Å². The molecule has 2 heterocycles. The van der Waals surface area contributed by atoms with Crippen LogP contribution in [-0.2, 0) is 0 Å². The predicted molar refractivity (Wildman–Crippen MR) is 116 cm³/mol. The number of aromatic nitrogens is 2. The van der Waals surface area contributed by atoms with Crippen molar-refractivity contribution >= 4 is 22.3 Å². The van der Waals surface area contributed by atoms with Crippen LogP contribution in [0.1, 0.15) is 28.4 Å².